The average Bonchev–Trinajstić information content (AvgIpc) is 3.02. The molecule has 1 aliphatic carbocycles. The molecule has 0 aromatic carbocycles. The maximum Gasteiger partial charge on any atom is 0.411 e. The Bertz CT molecular complexity index is 713. The number of rotatable bonds is 2. The minimum Gasteiger partial charge on any atom is -0.441 e. The molecule has 4 rings (SSSR count). The summed E-state index contributed by atoms with van der Waals surface area (Å²) in [7, 11) is 0. The average molecular weight is 300 g/mol. The van der Waals surface area contributed by atoms with Gasteiger partial charge < -0.3 is 9.30 Å². The van der Waals surface area contributed by atoms with E-state index in [0.717, 1.165) is 30.3 Å². The summed E-state index contributed by atoms with van der Waals surface area (Å²) in [4.78, 5) is 22.4. The third-order valence-corrected chi connectivity index (χ3v) is 4.84. The van der Waals surface area contributed by atoms with Crippen LogP contribution in [0.5, 0.6) is 0 Å². The molecule has 2 aromatic rings. The number of amides is 1. The summed E-state index contributed by atoms with van der Waals surface area (Å²) in [5.74, 6) is 0.627. The van der Waals surface area contributed by atoms with E-state index in [2.05, 4.69) is 16.9 Å². The van der Waals surface area contributed by atoms with Gasteiger partial charge in [0.05, 0.1) is 6.54 Å². The normalized spacial score (nSPS) is 28.5. The lowest BCUT2D eigenvalue weighted by Gasteiger charge is -2.34. The first-order chi connectivity index (χ1) is 10.7. The fourth-order valence-corrected chi connectivity index (χ4v) is 3.88. The lowest BCUT2D eigenvalue weighted by molar-refractivity contribution is 0.0101. The first-order valence-corrected chi connectivity index (χ1v) is 7.88. The standard InChI is InChI=1S/C16H20N4O2/c1-12-3-2-5-16(7-12)9-20(15(21)22-16)11-19-6-4-13-8-17-10-18-14(13)19/h4,6,8,10,12H,2-3,5,7,9,11H2,1H3. The summed E-state index contributed by atoms with van der Waals surface area (Å²) in [6.45, 7) is 3.41. The van der Waals surface area contributed by atoms with Crippen molar-refractivity contribution in [3.05, 3.63) is 24.8 Å². The number of aromatic nitrogens is 3. The molecule has 1 saturated heterocycles. The lowest BCUT2D eigenvalue weighted by atomic mass is 9.79. The predicted molar refractivity (Wildman–Crippen MR) is 81.1 cm³/mol. The van der Waals surface area contributed by atoms with Crippen molar-refractivity contribution in [3.63, 3.8) is 0 Å². The van der Waals surface area contributed by atoms with Crippen molar-refractivity contribution < 1.29 is 9.53 Å². The number of hydrogen-bond donors (Lipinski definition) is 0. The van der Waals surface area contributed by atoms with Gasteiger partial charge in [-0.2, -0.15) is 0 Å². The first-order valence-electron chi connectivity index (χ1n) is 7.88. The Morgan fingerprint density at radius 2 is 2.41 bits per heavy atom. The van der Waals surface area contributed by atoms with Crippen LogP contribution in [0, 0.1) is 5.92 Å². The molecule has 2 aliphatic rings. The van der Waals surface area contributed by atoms with Gasteiger partial charge in [-0.3, -0.25) is 4.90 Å². The van der Waals surface area contributed by atoms with Crippen molar-refractivity contribution in [3.8, 4) is 0 Å². The summed E-state index contributed by atoms with van der Waals surface area (Å²) >= 11 is 0. The summed E-state index contributed by atoms with van der Waals surface area (Å²) < 4.78 is 7.75. The summed E-state index contributed by atoms with van der Waals surface area (Å²) in [6.07, 6.45) is 9.39. The Balaban J connectivity index is 1.55. The molecular formula is C16H20N4O2. The molecule has 6 heteroatoms. The van der Waals surface area contributed by atoms with Crippen molar-refractivity contribution in [1.29, 1.82) is 0 Å². The van der Waals surface area contributed by atoms with Crippen molar-refractivity contribution >= 4 is 17.1 Å². The minimum absolute atomic E-state index is 0.204. The fourth-order valence-electron chi connectivity index (χ4n) is 3.88. The van der Waals surface area contributed by atoms with Crippen LogP contribution >= 0.6 is 0 Å². The van der Waals surface area contributed by atoms with Gasteiger partial charge in [0.25, 0.3) is 0 Å². The predicted octanol–water partition coefficient (Wildman–Crippen LogP) is 2.79. The van der Waals surface area contributed by atoms with Gasteiger partial charge in [0.15, 0.2) is 0 Å². The molecular weight excluding hydrogens is 280 g/mol. The van der Waals surface area contributed by atoms with Crippen LogP contribution in [-0.2, 0) is 11.4 Å². The zero-order chi connectivity index (χ0) is 15.2. The van der Waals surface area contributed by atoms with E-state index in [4.69, 9.17) is 4.74 Å². The molecule has 0 radical (unpaired) electrons. The van der Waals surface area contributed by atoms with E-state index >= 15 is 0 Å². The quantitative estimate of drug-likeness (QED) is 0.855. The van der Waals surface area contributed by atoms with Gasteiger partial charge in [-0.15, -0.1) is 0 Å². The third-order valence-electron chi connectivity index (χ3n) is 4.84. The van der Waals surface area contributed by atoms with E-state index in [1.807, 2.05) is 16.8 Å². The Kier molecular flexibility index (Phi) is 3.06. The first kappa shape index (κ1) is 13.5. The molecule has 1 spiro atoms. The van der Waals surface area contributed by atoms with E-state index < -0.39 is 0 Å². The fraction of sp³-hybridized carbons (Fsp3) is 0.562. The smallest absolute Gasteiger partial charge is 0.411 e. The molecule has 2 aromatic heterocycles. The van der Waals surface area contributed by atoms with E-state index in [9.17, 15) is 4.79 Å². The van der Waals surface area contributed by atoms with Crippen LogP contribution in [0.4, 0.5) is 4.79 Å². The van der Waals surface area contributed by atoms with Crippen molar-refractivity contribution in [2.24, 2.45) is 5.92 Å². The molecule has 0 bridgehead atoms. The molecule has 3 heterocycles. The van der Waals surface area contributed by atoms with E-state index in [-0.39, 0.29) is 11.7 Å². The van der Waals surface area contributed by atoms with E-state index in [1.54, 1.807) is 11.1 Å². The number of ether oxygens (including phenoxy) is 1. The Labute approximate surface area is 129 Å². The van der Waals surface area contributed by atoms with E-state index in [1.165, 1.54) is 12.7 Å². The van der Waals surface area contributed by atoms with Crippen LogP contribution < -0.4 is 0 Å². The van der Waals surface area contributed by atoms with Crippen molar-refractivity contribution in [1.82, 2.24) is 19.4 Å². The van der Waals surface area contributed by atoms with Gasteiger partial charge >= 0.3 is 6.09 Å². The third kappa shape index (κ3) is 2.23. The largest absolute Gasteiger partial charge is 0.441 e. The number of nitrogens with zero attached hydrogens (tertiary/aromatic N) is 4. The van der Waals surface area contributed by atoms with Gasteiger partial charge in [0, 0.05) is 17.8 Å². The molecule has 1 aliphatic heterocycles. The Morgan fingerprint density at radius 1 is 1.50 bits per heavy atom. The molecule has 1 amide bonds. The molecule has 2 fully saturated rings. The lowest BCUT2D eigenvalue weighted by Crippen LogP contribution is -2.39. The van der Waals surface area contributed by atoms with Crippen molar-refractivity contribution in [2.45, 2.75) is 44.9 Å². The topological polar surface area (TPSA) is 60.2 Å². The molecule has 0 N–H and O–H groups in total. The highest BCUT2D eigenvalue weighted by Crippen LogP contribution is 2.39. The highest BCUT2D eigenvalue weighted by Gasteiger charge is 2.47. The van der Waals surface area contributed by atoms with Crippen LogP contribution in [0.1, 0.15) is 32.6 Å². The molecule has 2 unspecified atom stereocenters. The Hall–Kier alpha value is -2.11. The molecule has 2 atom stereocenters. The summed E-state index contributed by atoms with van der Waals surface area (Å²) in [6, 6.07) is 1.97. The highest BCUT2D eigenvalue weighted by atomic mass is 16.6. The van der Waals surface area contributed by atoms with Gasteiger partial charge in [0.2, 0.25) is 0 Å². The van der Waals surface area contributed by atoms with Gasteiger partial charge in [-0.05, 0) is 31.2 Å². The number of carbonyl (C=O) groups is 1. The number of carbonyl (C=O) groups excluding carboxylic acids is 1. The summed E-state index contributed by atoms with van der Waals surface area (Å²) in [5.41, 5.74) is 0.577. The second-order valence-electron chi connectivity index (χ2n) is 6.68. The Morgan fingerprint density at radius 3 is 3.27 bits per heavy atom. The SMILES string of the molecule is CC1CCCC2(C1)CN(Cn1ccc3cncnc31)C(=O)O2. The zero-order valence-electron chi connectivity index (χ0n) is 12.7. The second-order valence-corrected chi connectivity index (χ2v) is 6.68. The van der Waals surface area contributed by atoms with Gasteiger partial charge in [-0.1, -0.05) is 13.3 Å². The second kappa shape index (κ2) is 4.97. The van der Waals surface area contributed by atoms with Crippen LogP contribution in [0.25, 0.3) is 11.0 Å². The van der Waals surface area contributed by atoms with Crippen LogP contribution in [0.15, 0.2) is 24.8 Å². The maximum absolute atomic E-state index is 12.3. The van der Waals surface area contributed by atoms with Crippen LogP contribution in [-0.4, -0.2) is 37.7 Å². The number of fused-ring (bicyclic) bond motifs is 1. The van der Waals surface area contributed by atoms with Gasteiger partial charge in [0.1, 0.15) is 24.2 Å². The molecule has 1 saturated carbocycles. The summed E-state index contributed by atoms with van der Waals surface area (Å²) in [5, 5.41) is 0.982. The monoisotopic (exact) mass is 300 g/mol. The van der Waals surface area contributed by atoms with Gasteiger partial charge in [-0.25, -0.2) is 14.8 Å². The zero-order valence-corrected chi connectivity index (χ0v) is 12.7. The van der Waals surface area contributed by atoms with Crippen molar-refractivity contribution in [2.75, 3.05) is 6.54 Å². The molecule has 6 nitrogen and oxygen atoms in total. The highest BCUT2D eigenvalue weighted by molar-refractivity contribution is 5.75. The van der Waals surface area contributed by atoms with E-state index in [0.29, 0.717) is 19.1 Å². The molecule has 22 heavy (non-hydrogen) atoms. The number of hydrogen-bond acceptors (Lipinski definition) is 4. The molecule has 116 valence electrons. The van der Waals surface area contributed by atoms with Crippen LogP contribution in [0.3, 0.4) is 0 Å². The minimum atomic E-state index is -0.271. The van der Waals surface area contributed by atoms with Crippen LogP contribution in [0.2, 0.25) is 0 Å². The maximum atomic E-state index is 12.3.